The second-order valence-corrected chi connectivity index (χ2v) is 8.89. The van der Waals surface area contributed by atoms with Crippen molar-refractivity contribution in [2.75, 3.05) is 18.8 Å². The molecule has 1 heterocycles. The van der Waals surface area contributed by atoms with Gasteiger partial charge in [0.1, 0.15) is 5.82 Å². The number of carbonyl (C=O) groups is 1. The predicted molar refractivity (Wildman–Crippen MR) is 129 cm³/mol. The molecule has 0 aliphatic rings. The standard InChI is InChI=1S/C23H26Cl2N4OS/c1-3-28(4-2)22(30)11-8-14-31-23-27-26-21(15-17-9-6-5-7-10-17)29(23)18-12-13-19(24)20(25)16-18/h5-7,9-10,12-13,16H,3-4,8,11,14-15H2,1-2H3. The van der Waals surface area contributed by atoms with Gasteiger partial charge in [-0.15, -0.1) is 10.2 Å². The Balaban J connectivity index is 1.78. The van der Waals surface area contributed by atoms with Gasteiger partial charge in [0, 0.05) is 31.7 Å². The highest BCUT2D eigenvalue weighted by Crippen LogP contribution is 2.29. The summed E-state index contributed by atoms with van der Waals surface area (Å²) in [5, 5.41) is 10.6. The average Bonchev–Trinajstić information content (AvgIpc) is 3.17. The fraction of sp³-hybridized carbons (Fsp3) is 0.348. The zero-order valence-electron chi connectivity index (χ0n) is 17.7. The van der Waals surface area contributed by atoms with Crippen molar-refractivity contribution in [3.8, 4) is 5.69 Å². The van der Waals surface area contributed by atoms with Crippen molar-refractivity contribution in [2.45, 2.75) is 38.3 Å². The molecule has 2 aromatic carbocycles. The average molecular weight is 477 g/mol. The monoisotopic (exact) mass is 476 g/mol. The van der Waals surface area contributed by atoms with Gasteiger partial charge in [-0.2, -0.15) is 0 Å². The normalized spacial score (nSPS) is 11.0. The first-order valence-corrected chi connectivity index (χ1v) is 12.1. The van der Waals surface area contributed by atoms with Crippen molar-refractivity contribution in [1.82, 2.24) is 19.7 Å². The molecular formula is C23H26Cl2N4OS. The summed E-state index contributed by atoms with van der Waals surface area (Å²) in [6, 6.07) is 15.7. The second kappa shape index (κ2) is 11.6. The first-order valence-electron chi connectivity index (χ1n) is 10.4. The van der Waals surface area contributed by atoms with Crippen LogP contribution in [0.15, 0.2) is 53.7 Å². The topological polar surface area (TPSA) is 51.0 Å². The molecule has 1 aromatic heterocycles. The second-order valence-electron chi connectivity index (χ2n) is 7.01. The van der Waals surface area contributed by atoms with E-state index in [1.807, 2.05) is 53.6 Å². The van der Waals surface area contributed by atoms with Crippen LogP contribution in [0.5, 0.6) is 0 Å². The van der Waals surface area contributed by atoms with E-state index in [0.717, 1.165) is 47.5 Å². The molecule has 0 bridgehead atoms. The van der Waals surface area contributed by atoms with E-state index in [4.69, 9.17) is 23.2 Å². The van der Waals surface area contributed by atoms with E-state index < -0.39 is 0 Å². The number of thioether (sulfide) groups is 1. The van der Waals surface area contributed by atoms with Crippen LogP contribution in [0.4, 0.5) is 0 Å². The maximum absolute atomic E-state index is 12.2. The van der Waals surface area contributed by atoms with Gasteiger partial charge in [0.15, 0.2) is 5.16 Å². The van der Waals surface area contributed by atoms with E-state index in [-0.39, 0.29) is 5.91 Å². The third kappa shape index (κ3) is 6.25. The Hall–Kier alpha value is -2.02. The zero-order valence-corrected chi connectivity index (χ0v) is 20.1. The van der Waals surface area contributed by atoms with Crippen LogP contribution in [0, 0.1) is 0 Å². The maximum Gasteiger partial charge on any atom is 0.222 e. The highest BCUT2D eigenvalue weighted by atomic mass is 35.5. The Morgan fingerprint density at radius 3 is 2.45 bits per heavy atom. The Labute approximate surface area is 197 Å². The van der Waals surface area contributed by atoms with Gasteiger partial charge in [-0.05, 0) is 44.0 Å². The van der Waals surface area contributed by atoms with Crippen LogP contribution in [-0.4, -0.2) is 44.4 Å². The van der Waals surface area contributed by atoms with E-state index in [1.165, 1.54) is 0 Å². The third-order valence-corrected chi connectivity index (χ3v) is 6.70. The van der Waals surface area contributed by atoms with Crippen LogP contribution in [0.3, 0.4) is 0 Å². The highest BCUT2D eigenvalue weighted by Gasteiger charge is 2.16. The highest BCUT2D eigenvalue weighted by molar-refractivity contribution is 7.99. The lowest BCUT2D eigenvalue weighted by Gasteiger charge is -2.18. The van der Waals surface area contributed by atoms with Crippen molar-refractivity contribution in [2.24, 2.45) is 0 Å². The number of hydrogen-bond acceptors (Lipinski definition) is 4. The lowest BCUT2D eigenvalue weighted by Crippen LogP contribution is -2.30. The molecule has 0 aliphatic heterocycles. The van der Waals surface area contributed by atoms with Crippen LogP contribution in [0.1, 0.15) is 38.1 Å². The lowest BCUT2D eigenvalue weighted by molar-refractivity contribution is -0.130. The van der Waals surface area contributed by atoms with Gasteiger partial charge in [0.2, 0.25) is 5.91 Å². The molecular weight excluding hydrogens is 451 g/mol. The van der Waals surface area contributed by atoms with Crippen LogP contribution >= 0.6 is 35.0 Å². The molecule has 0 atom stereocenters. The molecule has 164 valence electrons. The SMILES string of the molecule is CCN(CC)C(=O)CCCSc1nnc(Cc2ccccc2)n1-c1ccc(Cl)c(Cl)c1. The minimum Gasteiger partial charge on any atom is -0.343 e. The summed E-state index contributed by atoms with van der Waals surface area (Å²) in [5.74, 6) is 1.80. The molecule has 0 spiro atoms. The van der Waals surface area contributed by atoms with Crippen molar-refractivity contribution in [1.29, 1.82) is 0 Å². The van der Waals surface area contributed by atoms with Crippen LogP contribution in [-0.2, 0) is 11.2 Å². The van der Waals surface area contributed by atoms with Gasteiger partial charge in [0.05, 0.1) is 15.7 Å². The van der Waals surface area contributed by atoms with Crippen molar-refractivity contribution < 1.29 is 4.79 Å². The Bertz CT molecular complexity index is 1010. The number of carbonyl (C=O) groups excluding carboxylic acids is 1. The molecule has 1 amide bonds. The maximum atomic E-state index is 12.2. The van der Waals surface area contributed by atoms with E-state index in [2.05, 4.69) is 22.3 Å². The van der Waals surface area contributed by atoms with Gasteiger partial charge in [-0.25, -0.2) is 0 Å². The van der Waals surface area contributed by atoms with Gasteiger partial charge in [-0.1, -0.05) is 65.3 Å². The number of amides is 1. The molecule has 8 heteroatoms. The van der Waals surface area contributed by atoms with Crippen molar-refractivity contribution in [3.63, 3.8) is 0 Å². The molecule has 0 saturated carbocycles. The van der Waals surface area contributed by atoms with Crippen LogP contribution in [0.2, 0.25) is 10.0 Å². The van der Waals surface area contributed by atoms with Crippen LogP contribution in [0.25, 0.3) is 5.69 Å². The summed E-state index contributed by atoms with van der Waals surface area (Å²) < 4.78 is 2.02. The van der Waals surface area contributed by atoms with Gasteiger partial charge in [-0.3, -0.25) is 9.36 Å². The van der Waals surface area contributed by atoms with Crippen molar-refractivity contribution >= 4 is 40.9 Å². The van der Waals surface area contributed by atoms with Gasteiger partial charge < -0.3 is 4.90 Å². The summed E-state index contributed by atoms with van der Waals surface area (Å²) in [7, 11) is 0. The van der Waals surface area contributed by atoms with Gasteiger partial charge >= 0.3 is 0 Å². The molecule has 3 rings (SSSR count). The Morgan fingerprint density at radius 2 is 1.77 bits per heavy atom. The lowest BCUT2D eigenvalue weighted by atomic mass is 10.1. The molecule has 0 aliphatic carbocycles. The summed E-state index contributed by atoms with van der Waals surface area (Å²) in [4.78, 5) is 14.1. The number of rotatable bonds is 10. The molecule has 3 aromatic rings. The number of hydrogen-bond donors (Lipinski definition) is 0. The number of nitrogens with zero attached hydrogens (tertiary/aromatic N) is 4. The number of aromatic nitrogens is 3. The van der Waals surface area contributed by atoms with Crippen molar-refractivity contribution in [3.05, 3.63) is 70.0 Å². The number of halogens is 2. The summed E-state index contributed by atoms with van der Waals surface area (Å²) >= 11 is 14.0. The Kier molecular flexibility index (Phi) is 8.81. The Morgan fingerprint density at radius 1 is 1.03 bits per heavy atom. The molecule has 5 nitrogen and oxygen atoms in total. The van der Waals surface area contributed by atoms with E-state index >= 15 is 0 Å². The molecule has 0 unspecified atom stereocenters. The molecule has 31 heavy (non-hydrogen) atoms. The van der Waals surface area contributed by atoms with E-state index in [9.17, 15) is 4.79 Å². The minimum absolute atomic E-state index is 0.196. The molecule has 0 N–H and O–H groups in total. The van der Waals surface area contributed by atoms with E-state index in [0.29, 0.717) is 22.9 Å². The van der Waals surface area contributed by atoms with Gasteiger partial charge in [0.25, 0.3) is 0 Å². The summed E-state index contributed by atoms with van der Waals surface area (Å²) in [5.41, 5.74) is 2.02. The molecule has 0 saturated heterocycles. The first kappa shape index (κ1) is 23.6. The predicted octanol–water partition coefficient (Wildman–Crippen LogP) is 5.91. The minimum atomic E-state index is 0.196. The summed E-state index contributed by atoms with van der Waals surface area (Å²) in [6.45, 7) is 5.50. The fourth-order valence-corrected chi connectivity index (χ4v) is 4.49. The fourth-order valence-electron chi connectivity index (χ4n) is 3.29. The van der Waals surface area contributed by atoms with E-state index in [1.54, 1.807) is 17.8 Å². The molecule has 0 radical (unpaired) electrons. The zero-order chi connectivity index (χ0) is 22.2. The van der Waals surface area contributed by atoms with Crippen LogP contribution < -0.4 is 0 Å². The third-order valence-electron chi connectivity index (χ3n) is 4.95. The largest absolute Gasteiger partial charge is 0.343 e. The quantitative estimate of drug-likeness (QED) is 0.269. The molecule has 0 fully saturated rings. The number of benzene rings is 2. The summed E-state index contributed by atoms with van der Waals surface area (Å²) in [6.07, 6.45) is 1.96. The smallest absolute Gasteiger partial charge is 0.222 e. The first-order chi connectivity index (χ1) is 15.0.